The summed E-state index contributed by atoms with van der Waals surface area (Å²) < 4.78 is 10.5. The Morgan fingerprint density at radius 2 is 1.92 bits per heavy atom. The summed E-state index contributed by atoms with van der Waals surface area (Å²) in [6.45, 7) is 5.62. The van der Waals surface area contributed by atoms with Gasteiger partial charge in [-0.3, -0.25) is 4.79 Å². The lowest BCUT2D eigenvalue weighted by Gasteiger charge is -2.32. The van der Waals surface area contributed by atoms with Gasteiger partial charge in [0.05, 0.1) is 6.61 Å². The first kappa shape index (κ1) is 20.2. The van der Waals surface area contributed by atoms with Crippen LogP contribution in [-0.4, -0.2) is 66.9 Å². The van der Waals surface area contributed by atoms with Gasteiger partial charge in [-0.1, -0.05) is 0 Å². The predicted molar refractivity (Wildman–Crippen MR) is 97.6 cm³/mol. The van der Waals surface area contributed by atoms with E-state index in [0.717, 1.165) is 12.8 Å². The maximum atomic E-state index is 11.7. The van der Waals surface area contributed by atoms with E-state index in [-0.39, 0.29) is 24.5 Å². The molecule has 2 N–H and O–H groups in total. The third kappa shape index (κ3) is 6.31. The van der Waals surface area contributed by atoms with E-state index in [4.69, 9.17) is 9.47 Å². The number of carbonyl (C=O) groups excluding carboxylic acids is 2. The van der Waals surface area contributed by atoms with Crippen molar-refractivity contribution in [2.45, 2.75) is 38.8 Å². The van der Waals surface area contributed by atoms with Crippen LogP contribution in [0.1, 0.15) is 37.0 Å². The summed E-state index contributed by atoms with van der Waals surface area (Å²) in [4.78, 5) is 24.6. The van der Waals surface area contributed by atoms with Gasteiger partial charge in [-0.15, -0.1) is 0 Å². The molecule has 1 aliphatic rings. The average Bonchev–Trinajstić information content (AvgIpc) is 2.65. The van der Waals surface area contributed by atoms with E-state index in [0.29, 0.717) is 37.6 Å². The highest BCUT2D eigenvalue weighted by atomic mass is 16.6. The van der Waals surface area contributed by atoms with Gasteiger partial charge in [-0.2, -0.15) is 0 Å². The van der Waals surface area contributed by atoms with Crippen molar-refractivity contribution in [3.63, 3.8) is 0 Å². The van der Waals surface area contributed by atoms with Gasteiger partial charge in [0.25, 0.3) is 0 Å². The fraction of sp³-hybridized carbons (Fsp3) is 0.579. The molecule has 1 fully saturated rings. The van der Waals surface area contributed by atoms with Crippen LogP contribution in [0.15, 0.2) is 24.3 Å². The van der Waals surface area contributed by atoms with E-state index in [1.165, 1.54) is 6.92 Å². The lowest BCUT2D eigenvalue weighted by Crippen LogP contribution is -2.47. The minimum atomic E-state index is -0.634. The molecule has 0 radical (unpaired) electrons. The Balaban J connectivity index is 1.64. The third-order valence-electron chi connectivity index (χ3n) is 4.37. The van der Waals surface area contributed by atoms with E-state index in [1.54, 1.807) is 36.1 Å². The number of ether oxygens (including phenoxy) is 2. The van der Waals surface area contributed by atoms with E-state index in [1.807, 2.05) is 0 Å². The number of ketones is 1. The van der Waals surface area contributed by atoms with Gasteiger partial charge in [0.2, 0.25) is 0 Å². The Bertz CT molecular complexity index is 582. The number of hydrogen-bond donors (Lipinski definition) is 2. The van der Waals surface area contributed by atoms with Gasteiger partial charge < -0.3 is 24.8 Å². The number of aliphatic hydroxyl groups excluding tert-OH is 1. The van der Waals surface area contributed by atoms with Gasteiger partial charge in [-0.05, 0) is 51.0 Å². The summed E-state index contributed by atoms with van der Waals surface area (Å²) in [7, 11) is 0. The summed E-state index contributed by atoms with van der Waals surface area (Å²) in [5, 5.41) is 13.4. The van der Waals surface area contributed by atoms with Gasteiger partial charge in [0, 0.05) is 31.2 Å². The number of hydrogen-bond acceptors (Lipinski definition) is 6. The number of amides is 1. The minimum Gasteiger partial charge on any atom is -0.491 e. The van der Waals surface area contributed by atoms with Gasteiger partial charge in [-0.25, -0.2) is 4.79 Å². The highest BCUT2D eigenvalue weighted by Gasteiger charge is 2.23. The quantitative estimate of drug-likeness (QED) is 0.685. The molecule has 1 aromatic carbocycles. The molecule has 1 aromatic rings. The minimum absolute atomic E-state index is 0.00906. The van der Waals surface area contributed by atoms with Crippen molar-refractivity contribution in [2.24, 2.45) is 0 Å². The Labute approximate surface area is 154 Å². The van der Waals surface area contributed by atoms with Crippen LogP contribution in [0.3, 0.4) is 0 Å². The summed E-state index contributed by atoms with van der Waals surface area (Å²) in [5.41, 5.74) is 0.633. The molecule has 0 bridgehead atoms. The molecule has 0 spiro atoms. The van der Waals surface area contributed by atoms with Crippen molar-refractivity contribution < 1.29 is 24.2 Å². The smallest absolute Gasteiger partial charge is 0.409 e. The van der Waals surface area contributed by atoms with Crippen LogP contribution in [0.4, 0.5) is 4.79 Å². The molecule has 1 unspecified atom stereocenters. The number of nitrogens with one attached hydrogen (secondary N) is 1. The molecule has 0 aromatic heterocycles. The molecule has 1 saturated heterocycles. The van der Waals surface area contributed by atoms with Crippen LogP contribution in [0.2, 0.25) is 0 Å². The van der Waals surface area contributed by atoms with Crippen molar-refractivity contribution in [2.75, 3.05) is 32.8 Å². The number of Topliss-reactive ketones (excluding diaryl/α,β-unsaturated/α-hetero) is 1. The van der Waals surface area contributed by atoms with Crippen molar-refractivity contribution in [1.82, 2.24) is 10.2 Å². The fourth-order valence-corrected chi connectivity index (χ4v) is 2.82. The molecule has 144 valence electrons. The first-order valence-corrected chi connectivity index (χ1v) is 9.06. The molecule has 7 heteroatoms. The maximum absolute atomic E-state index is 11.7. The molecule has 2 rings (SSSR count). The predicted octanol–water partition coefficient (Wildman–Crippen LogP) is 1.84. The number of piperidine rings is 1. The zero-order chi connectivity index (χ0) is 18.9. The average molecular weight is 364 g/mol. The molecule has 26 heavy (non-hydrogen) atoms. The highest BCUT2D eigenvalue weighted by Crippen LogP contribution is 2.14. The van der Waals surface area contributed by atoms with Crippen LogP contribution in [-0.2, 0) is 4.74 Å². The molecule has 1 atom stereocenters. The fourth-order valence-electron chi connectivity index (χ4n) is 2.82. The molecular weight excluding hydrogens is 336 g/mol. The van der Waals surface area contributed by atoms with Crippen molar-refractivity contribution >= 4 is 11.9 Å². The van der Waals surface area contributed by atoms with E-state index in [2.05, 4.69) is 5.32 Å². The number of benzene rings is 1. The highest BCUT2D eigenvalue weighted by molar-refractivity contribution is 5.94. The second kappa shape index (κ2) is 10.1. The Hall–Kier alpha value is -2.12. The Morgan fingerprint density at radius 3 is 2.50 bits per heavy atom. The van der Waals surface area contributed by atoms with Crippen LogP contribution < -0.4 is 10.1 Å². The zero-order valence-corrected chi connectivity index (χ0v) is 15.4. The van der Waals surface area contributed by atoms with E-state index in [9.17, 15) is 14.7 Å². The Morgan fingerprint density at radius 1 is 1.27 bits per heavy atom. The Kier molecular flexibility index (Phi) is 7.87. The van der Waals surface area contributed by atoms with Crippen LogP contribution in [0.5, 0.6) is 5.75 Å². The van der Waals surface area contributed by atoms with Crippen LogP contribution in [0, 0.1) is 0 Å². The normalized spacial score (nSPS) is 16.2. The van der Waals surface area contributed by atoms with Gasteiger partial charge in [0.1, 0.15) is 18.5 Å². The standard InChI is InChI=1S/C19H28N2O5/c1-3-25-19(24)21-10-8-16(9-11-21)20-12-17(23)13-26-18-6-4-15(5-7-18)14(2)22/h4-7,16-17,20,23H,3,8-13H2,1-2H3. The second-order valence-corrected chi connectivity index (χ2v) is 6.41. The second-order valence-electron chi connectivity index (χ2n) is 6.41. The van der Waals surface area contributed by atoms with Crippen LogP contribution in [0.25, 0.3) is 0 Å². The summed E-state index contributed by atoms with van der Waals surface area (Å²) in [6, 6.07) is 7.13. The number of rotatable bonds is 8. The maximum Gasteiger partial charge on any atom is 0.409 e. The van der Waals surface area contributed by atoms with E-state index < -0.39 is 6.10 Å². The molecule has 0 saturated carbocycles. The zero-order valence-electron chi connectivity index (χ0n) is 15.4. The summed E-state index contributed by atoms with van der Waals surface area (Å²) in [6.07, 6.45) is 0.776. The molecule has 7 nitrogen and oxygen atoms in total. The lowest BCUT2D eigenvalue weighted by molar-refractivity contribution is 0.0860. The third-order valence-corrected chi connectivity index (χ3v) is 4.37. The molecular formula is C19H28N2O5. The summed E-state index contributed by atoms with van der Waals surface area (Å²) >= 11 is 0. The molecule has 1 amide bonds. The lowest BCUT2D eigenvalue weighted by atomic mass is 10.1. The largest absolute Gasteiger partial charge is 0.491 e. The number of aliphatic hydroxyl groups is 1. The van der Waals surface area contributed by atoms with Crippen molar-refractivity contribution in [3.05, 3.63) is 29.8 Å². The SMILES string of the molecule is CCOC(=O)N1CCC(NCC(O)COc2ccc(C(C)=O)cc2)CC1. The van der Waals surface area contributed by atoms with Gasteiger partial charge >= 0.3 is 6.09 Å². The molecule has 1 aliphatic heterocycles. The first-order valence-electron chi connectivity index (χ1n) is 9.06. The number of nitrogens with zero attached hydrogens (tertiary/aromatic N) is 1. The van der Waals surface area contributed by atoms with Gasteiger partial charge in [0.15, 0.2) is 5.78 Å². The molecule has 0 aliphatic carbocycles. The van der Waals surface area contributed by atoms with Crippen molar-refractivity contribution in [1.29, 1.82) is 0 Å². The number of likely N-dealkylation sites (tertiary alicyclic amines) is 1. The van der Waals surface area contributed by atoms with E-state index >= 15 is 0 Å². The topological polar surface area (TPSA) is 88.1 Å². The van der Waals surface area contributed by atoms with Crippen LogP contribution >= 0.6 is 0 Å². The number of carbonyl (C=O) groups is 2. The van der Waals surface area contributed by atoms with Crippen molar-refractivity contribution in [3.8, 4) is 5.75 Å². The monoisotopic (exact) mass is 364 g/mol. The first-order chi connectivity index (χ1) is 12.5. The summed E-state index contributed by atoms with van der Waals surface area (Å²) in [5.74, 6) is 0.631. The molecule has 1 heterocycles.